The summed E-state index contributed by atoms with van der Waals surface area (Å²) in [4.78, 5) is 0. The van der Waals surface area contributed by atoms with Crippen LogP contribution in [0.4, 0.5) is 4.39 Å². The van der Waals surface area contributed by atoms with Gasteiger partial charge in [-0.1, -0.05) is 208 Å². The molecule has 306 valence electrons. The van der Waals surface area contributed by atoms with Gasteiger partial charge in [-0.2, -0.15) is 0 Å². The van der Waals surface area contributed by atoms with Gasteiger partial charge in [0, 0.05) is 0 Å². The third-order valence-electron chi connectivity index (χ3n) is 11.7. The fraction of sp³-hybridized carbons (Fsp3) is 0.167. The molecule has 0 N–H and O–H groups in total. The number of fused-ring (bicyclic) bond motifs is 3. The van der Waals surface area contributed by atoms with Gasteiger partial charge in [-0.3, -0.25) is 0 Å². The average molecular weight is 799 g/mol. The molecule has 0 bridgehead atoms. The Bertz CT molecular complexity index is 2650. The van der Waals surface area contributed by atoms with Crippen molar-refractivity contribution < 1.29 is 4.39 Å². The number of aryl methyl sites for hydroxylation is 5. The Morgan fingerprint density at radius 1 is 0.443 bits per heavy atom. The molecule has 0 saturated carbocycles. The minimum atomic E-state index is -0.388. The number of hydrogen-bond acceptors (Lipinski definition) is 0. The lowest BCUT2D eigenvalue weighted by atomic mass is 9.67. The van der Waals surface area contributed by atoms with Crippen molar-refractivity contribution in [2.24, 2.45) is 0 Å². The van der Waals surface area contributed by atoms with Crippen molar-refractivity contribution in [3.8, 4) is 33.4 Å². The van der Waals surface area contributed by atoms with Gasteiger partial charge in [-0.15, -0.1) is 0 Å². The Morgan fingerprint density at radius 2 is 0.951 bits per heavy atom. The normalized spacial score (nSPS) is 11.6. The first kappa shape index (κ1) is 44.0. The lowest BCUT2D eigenvalue weighted by Gasteiger charge is -2.34. The molecule has 0 aliphatic heterocycles. The number of benzene rings is 8. The Kier molecular flexibility index (Phi) is 14.5. The first-order valence-electron chi connectivity index (χ1n) is 21.6. The fourth-order valence-corrected chi connectivity index (χ4v) is 8.38. The summed E-state index contributed by atoms with van der Waals surface area (Å²) in [5, 5.41) is 0. The minimum absolute atomic E-state index is 0.215. The van der Waals surface area contributed by atoms with E-state index in [2.05, 4.69) is 206 Å². The third kappa shape index (κ3) is 9.58. The molecule has 0 nitrogen and oxygen atoms in total. The van der Waals surface area contributed by atoms with Gasteiger partial charge < -0.3 is 0 Å². The van der Waals surface area contributed by atoms with Crippen molar-refractivity contribution in [2.75, 3.05) is 0 Å². The SMILES string of the molecule is C=C(CC)c1ccc(C)cc1C.CC.Cc1ccc(-c2ccccc2)cc1C.Cc1ccc2c(c1)C(c1ccccc1)(c1ccccc1)c1ccc(-c3ccc(F)cc3)cc1-2. The summed E-state index contributed by atoms with van der Waals surface area (Å²) in [6.45, 7) is 20.9. The second-order valence-corrected chi connectivity index (χ2v) is 15.7. The highest BCUT2D eigenvalue weighted by Crippen LogP contribution is 2.56. The molecule has 1 heteroatoms. The van der Waals surface area contributed by atoms with Crippen molar-refractivity contribution in [3.05, 3.63) is 256 Å². The van der Waals surface area contributed by atoms with Gasteiger partial charge in [0.25, 0.3) is 0 Å². The van der Waals surface area contributed by atoms with Gasteiger partial charge in [-0.25, -0.2) is 4.39 Å². The Morgan fingerprint density at radius 3 is 1.52 bits per heavy atom. The summed E-state index contributed by atoms with van der Waals surface area (Å²) in [7, 11) is 0. The first-order chi connectivity index (χ1) is 29.6. The molecular formula is C60H59F. The van der Waals surface area contributed by atoms with Crippen LogP contribution in [0.1, 0.15) is 82.8 Å². The van der Waals surface area contributed by atoms with Crippen LogP contribution < -0.4 is 0 Å². The van der Waals surface area contributed by atoms with Gasteiger partial charge >= 0.3 is 0 Å². The molecule has 9 rings (SSSR count). The van der Waals surface area contributed by atoms with Crippen LogP contribution in [-0.2, 0) is 5.41 Å². The zero-order chi connectivity index (χ0) is 43.5. The van der Waals surface area contributed by atoms with Crippen LogP contribution >= 0.6 is 0 Å². The van der Waals surface area contributed by atoms with E-state index in [1.807, 2.05) is 32.0 Å². The highest BCUT2D eigenvalue weighted by molar-refractivity contribution is 5.89. The molecule has 0 aromatic heterocycles. The molecule has 0 unspecified atom stereocenters. The summed E-state index contributed by atoms with van der Waals surface area (Å²) in [5.74, 6) is -0.215. The second-order valence-electron chi connectivity index (χ2n) is 15.7. The Labute approximate surface area is 365 Å². The van der Waals surface area contributed by atoms with Gasteiger partial charge in [0.05, 0.1) is 5.41 Å². The largest absolute Gasteiger partial charge is 0.207 e. The minimum Gasteiger partial charge on any atom is -0.207 e. The third-order valence-corrected chi connectivity index (χ3v) is 11.7. The van der Waals surface area contributed by atoms with Gasteiger partial charge in [0.15, 0.2) is 0 Å². The summed E-state index contributed by atoms with van der Waals surface area (Å²) >= 11 is 0. The molecule has 61 heavy (non-hydrogen) atoms. The summed E-state index contributed by atoms with van der Waals surface area (Å²) < 4.78 is 13.5. The van der Waals surface area contributed by atoms with Crippen LogP contribution in [0.25, 0.3) is 39.0 Å². The lowest BCUT2D eigenvalue weighted by Crippen LogP contribution is -2.28. The molecule has 1 aliphatic rings. The Hall–Kier alpha value is -6.57. The zero-order valence-corrected chi connectivity index (χ0v) is 37.2. The van der Waals surface area contributed by atoms with E-state index in [4.69, 9.17) is 0 Å². The maximum absolute atomic E-state index is 13.5. The highest BCUT2D eigenvalue weighted by atomic mass is 19.1. The van der Waals surface area contributed by atoms with Crippen LogP contribution in [0.15, 0.2) is 195 Å². The first-order valence-corrected chi connectivity index (χ1v) is 21.6. The fourth-order valence-electron chi connectivity index (χ4n) is 8.38. The van der Waals surface area contributed by atoms with E-state index in [9.17, 15) is 4.39 Å². The van der Waals surface area contributed by atoms with E-state index >= 15 is 0 Å². The average Bonchev–Trinajstić information content (AvgIpc) is 3.58. The quantitative estimate of drug-likeness (QED) is 0.157. The van der Waals surface area contributed by atoms with E-state index in [1.165, 1.54) is 95.6 Å². The predicted octanol–water partition coefficient (Wildman–Crippen LogP) is 16.9. The lowest BCUT2D eigenvalue weighted by molar-refractivity contribution is 0.628. The molecule has 8 aromatic rings. The number of halogens is 1. The van der Waals surface area contributed by atoms with E-state index in [0.29, 0.717) is 0 Å². The molecule has 0 amide bonds. The molecule has 0 heterocycles. The molecule has 0 saturated heterocycles. The smallest absolute Gasteiger partial charge is 0.123 e. The predicted molar refractivity (Wildman–Crippen MR) is 262 cm³/mol. The van der Waals surface area contributed by atoms with Crippen LogP contribution in [0.5, 0.6) is 0 Å². The molecule has 8 aromatic carbocycles. The van der Waals surface area contributed by atoms with E-state index in [1.54, 1.807) is 0 Å². The highest BCUT2D eigenvalue weighted by Gasteiger charge is 2.46. The van der Waals surface area contributed by atoms with Crippen LogP contribution in [0, 0.1) is 40.4 Å². The summed E-state index contributed by atoms with van der Waals surface area (Å²) in [5.41, 5.74) is 21.1. The Balaban J connectivity index is 0.000000183. The molecule has 1 aliphatic carbocycles. The molecular weight excluding hydrogens is 740 g/mol. The second kappa shape index (κ2) is 20.1. The molecule has 0 fully saturated rings. The van der Waals surface area contributed by atoms with Gasteiger partial charge in [0.1, 0.15) is 5.82 Å². The maximum Gasteiger partial charge on any atom is 0.123 e. The van der Waals surface area contributed by atoms with Crippen molar-refractivity contribution in [1.82, 2.24) is 0 Å². The standard InChI is InChI=1S/C32H23F.C14H14.C12H16.C2H6/c1-22-12-18-28-29-21-24(23-13-16-27(33)17-14-23)15-19-30(29)32(31(28)20-22,25-8-4-2-5-9-25)26-10-6-3-7-11-26;1-11-8-9-14(10-12(11)2)13-6-4-3-5-7-13;1-5-10(3)12-7-6-9(2)8-11(12)4;1-2/h2-21H,1H3;3-10H,1-2H3;6-8H,3,5H2,1-2,4H3;1-2H3. The van der Waals surface area contributed by atoms with Crippen LogP contribution in [0.2, 0.25) is 0 Å². The molecule has 0 atom stereocenters. The number of rotatable bonds is 6. The van der Waals surface area contributed by atoms with E-state index in [-0.39, 0.29) is 11.2 Å². The van der Waals surface area contributed by atoms with E-state index < -0.39 is 0 Å². The topological polar surface area (TPSA) is 0 Å². The number of allylic oxidation sites excluding steroid dienone is 1. The maximum atomic E-state index is 13.5. The van der Waals surface area contributed by atoms with Crippen molar-refractivity contribution >= 4 is 5.57 Å². The van der Waals surface area contributed by atoms with Crippen LogP contribution in [-0.4, -0.2) is 0 Å². The molecule has 0 spiro atoms. The van der Waals surface area contributed by atoms with Crippen molar-refractivity contribution in [1.29, 1.82) is 0 Å². The summed E-state index contributed by atoms with van der Waals surface area (Å²) in [6, 6.07) is 65.4. The van der Waals surface area contributed by atoms with Crippen molar-refractivity contribution in [3.63, 3.8) is 0 Å². The summed E-state index contributed by atoms with van der Waals surface area (Å²) in [6.07, 6.45) is 1.03. The van der Waals surface area contributed by atoms with Gasteiger partial charge in [0.2, 0.25) is 0 Å². The van der Waals surface area contributed by atoms with Crippen LogP contribution in [0.3, 0.4) is 0 Å². The molecule has 0 radical (unpaired) electrons. The zero-order valence-electron chi connectivity index (χ0n) is 37.2. The van der Waals surface area contributed by atoms with E-state index in [0.717, 1.165) is 17.5 Å². The van der Waals surface area contributed by atoms with Crippen molar-refractivity contribution in [2.45, 2.75) is 67.2 Å². The van der Waals surface area contributed by atoms with Gasteiger partial charge in [-0.05, 0) is 143 Å². The number of hydrogen-bond donors (Lipinski definition) is 0. The monoisotopic (exact) mass is 798 g/mol.